The maximum Gasteiger partial charge on any atom is 0.142 e. The summed E-state index contributed by atoms with van der Waals surface area (Å²) in [4.78, 5) is 0. The lowest BCUT2D eigenvalue weighted by atomic mass is 10.0. The summed E-state index contributed by atoms with van der Waals surface area (Å²) in [5.74, 6) is -0.0727. The third-order valence-corrected chi connectivity index (χ3v) is 2.36. The van der Waals surface area contributed by atoms with E-state index in [1.807, 2.05) is 6.07 Å². The molecule has 1 atom stereocenters. The average Bonchev–Trinajstić information content (AvgIpc) is 2.21. The summed E-state index contributed by atoms with van der Waals surface area (Å²) in [6, 6.07) is 5.29. The van der Waals surface area contributed by atoms with E-state index in [1.54, 1.807) is 19.1 Å². The van der Waals surface area contributed by atoms with Crippen LogP contribution in [0.15, 0.2) is 12.1 Å². The fourth-order valence-corrected chi connectivity index (χ4v) is 1.39. The highest BCUT2D eigenvalue weighted by atomic mass is 35.5. The van der Waals surface area contributed by atoms with Crippen molar-refractivity contribution in [2.45, 2.75) is 12.8 Å². The topological polar surface area (TPSA) is 53.2 Å². The largest absolute Gasteiger partial charge is 0.506 e. The van der Waals surface area contributed by atoms with Gasteiger partial charge in [0, 0.05) is 5.56 Å². The molecule has 0 radical (unpaired) electrons. The summed E-state index contributed by atoms with van der Waals surface area (Å²) < 4.78 is 4.92. The van der Waals surface area contributed by atoms with Crippen LogP contribution < -0.4 is 4.74 Å². The smallest absolute Gasteiger partial charge is 0.142 e. The molecule has 1 N–H and O–H groups in total. The van der Waals surface area contributed by atoms with Gasteiger partial charge in [-0.15, -0.1) is 0 Å². The summed E-state index contributed by atoms with van der Waals surface area (Å²) in [5.41, 5.74) is 0.512. The molecule has 1 unspecified atom stereocenters. The molecule has 0 fully saturated rings. The highest BCUT2D eigenvalue weighted by Crippen LogP contribution is 2.38. The third kappa shape index (κ3) is 1.75. The van der Waals surface area contributed by atoms with Crippen LogP contribution in [0.3, 0.4) is 0 Å². The van der Waals surface area contributed by atoms with Crippen molar-refractivity contribution in [2.75, 3.05) is 7.11 Å². The minimum atomic E-state index is -0.390. The van der Waals surface area contributed by atoms with Crippen molar-refractivity contribution in [3.8, 4) is 17.6 Å². The van der Waals surface area contributed by atoms with E-state index in [-0.39, 0.29) is 10.8 Å². The van der Waals surface area contributed by atoms with E-state index in [0.717, 1.165) is 0 Å². The molecule has 0 aliphatic carbocycles. The van der Waals surface area contributed by atoms with Gasteiger partial charge in [-0.25, -0.2) is 0 Å². The lowest BCUT2D eigenvalue weighted by Gasteiger charge is -2.10. The van der Waals surface area contributed by atoms with Gasteiger partial charge in [0.05, 0.1) is 19.1 Å². The number of hydrogen-bond donors (Lipinski definition) is 1. The van der Waals surface area contributed by atoms with Crippen LogP contribution in [-0.2, 0) is 0 Å². The molecule has 0 saturated carbocycles. The predicted octanol–water partition coefficient (Wildman–Crippen LogP) is 2.68. The first-order valence-corrected chi connectivity index (χ1v) is 4.44. The van der Waals surface area contributed by atoms with E-state index >= 15 is 0 Å². The zero-order valence-corrected chi connectivity index (χ0v) is 8.67. The van der Waals surface area contributed by atoms with Crippen molar-refractivity contribution < 1.29 is 9.84 Å². The first-order chi connectivity index (χ1) is 6.61. The third-order valence-electron chi connectivity index (χ3n) is 1.99. The van der Waals surface area contributed by atoms with Crippen molar-refractivity contribution in [2.24, 2.45) is 0 Å². The van der Waals surface area contributed by atoms with Crippen LogP contribution in [0, 0.1) is 11.3 Å². The molecule has 4 heteroatoms. The fourth-order valence-electron chi connectivity index (χ4n) is 1.14. The van der Waals surface area contributed by atoms with Crippen LogP contribution in [0.4, 0.5) is 0 Å². The van der Waals surface area contributed by atoms with Crippen LogP contribution in [0.25, 0.3) is 0 Å². The summed E-state index contributed by atoms with van der Waals surface area (Å²) in [6.45, 7) is 1.69. The standard InChI is InChI=1S/C10H10ClNO2/c1-6(5-12)7-3-4-8(14-2)9(11)10(7)13/h3-4,6,13H,1-2H3. The number of hydrogen-bond acceptors (Lipinski definition) is 3. The zero-order chi connectivity index (χ0) is 10.7. The van der Waals surface area contributed by atoms with Crippen LogP contribution in [0.2, 0.25) is 5.02 Å². The van der Waals surface area contributed by atoms with Gasteiger partial charge in [-0.05, 0) is 13.0 Å². The number of rotatable bonds is 2. The van der Waals surface area contributed by atoms with Crippen molar-refractivity contribution in [1.29, 1.82) is 5.26 Å². The Morgan fingerprint density at radius 3 is 2.71 bits per heavy atom. The minimum absolute atomic E-state index is 0.0833. The highest BCUT2D eigenvalue weighted by molar-refractivity contribution is 6.33. The van der Waals surface area contributed by atoms with Crippen LogP contribution in [0.1, 0.15) is 18.4 Å². The van der Waals surface area contributed by atoms with Crippen LogP contribution >= 0.6 is 11.6 Å². The molecule has 0 spiro atoms. The summed E-state index contributed by atoms with van der Waals surface area (Å²) in [6.07, 6.45) is 0. The van der Waals surface area contributed by atoms with Gasteiger partial charge in [0.25, 0.3) is 0 Å². The van der Waals surface area contributed by atoms with E-state index in [9.17, 15) is 5.11 Å². The maximum absolute atomic E-state index is 9.65. The molecule has 0 heterocycles. The average molecular weight is 212 g/mol. The van der Waals surface area contributed by atoms with Crippen LogP contribution in [-0.4, -0.2) is 12.2 Å². The molecule has 0 aliphatic rings. The Balaban J connectivity index is 3.25. The molecule has 14 heavy (non-hydrogen) atoms. The Hall–Kier alpha value is -1.40. The fraction of sp³-hybridized carbons (Fsp3) is 0.300. The normalized spacial score (nSPS) is 11.9. The molecule has 0 aromatic heterocycles. The second kappa shape index (κ2) is 4.21. The molecule has 1 aromatic carbocycles. The van der Waals surface area contributed by atoms with Gasteiger partial charge in [0.2, 0.25) is 0 Å². The van der Waals surface area contributed by atoms with Gasteiger partial charge in [0.15, 0.2) is 0 Å². The van der Waals surface area contributed by atoms with E-state index < -0.39 is 5.92 Å². The first kappa shape index (κ1) is 10.7. The number of benzene rings is 1. The van der Waals surface area contributed by atoms with Gasteiger partial charge >= 0.3 is 0 Å². The van der Waals surface area contributed by atoms with Gasteiger partial charge in [-0.3, -0.25) is 0 Å². The molecule has 3 nitrogen and oxygen atoms in total. The van der Waals surface area contributed by atoms with Crippen LogP contribution in [0.5, 0.6) is 11.5 Å². The number of halogens is 1. The quantitative estimate of drug-likeness (QED) is 0.818. The monoisotopic (exact) mass is 211 g/mol. The molecule has 1 rings (SSSR count). The number of nitriles is 1. The number of ether oxygens (including phenoxy) is 1. The maximum atomic E-state index is 9.65. The lowest BCUT2D eigenvalue weighted by Crippen LogP contribution is -1.92. The Labute approximate surface area is 87.5 Å². The second-order valence-electron chi connectivity index (χ2n) is 2.87. The highest BCUT2D eigenvalue weighted by Gasteiger charge is 2.15. The van der Waals surface area contributed by atoms with E-state index in [1.165, 1.54) is 7.11 Å². The van der Waals surface area contributed by atoms with E-state index in [0.29, 0.717) is 11.3 Å². The van der Waals surface area contributed by atoms with E-state index in [4.69, 9.17) is 21.6 Å². The zero-order valence-electron chi connectivity index (χ0n) is 7.91. The van der Waals surface area contributed by atoms with Crippen molar-refractivity contribution >= 4 is 11.6 Å². The molecular formula is C10H10ClNO2. The first-order valence-electron chi connectivity index (χ1n) is 4.06. The summed E-state index contributed by atoms with van der Waals surface area (Å²) >= 11 is 5.82. The molecule has 0 amide bonds. The molecular weight excluding hydrogens is 202 g/mol. The molecule has 0 bridgehead atoms. The molecule has 0 saturated heterocycles. The molecule has 74 valence electrons. The second-order valence-corrected chi connectivity index (χ2v) is 3.25. The number of aromatic hydroxyl groups is 1. The number of phenols is 1. The number of phenolic OH excluding ortho intramolecular Hbond substituents is 1. The number of methoxy groups -OCH3 is 1. The minimum Gasteiger partial charge on any atom is -0.506 e. The van der Waals surface area contributed by atoms with Crippen molar-refractivity contribution in [3.05, 3.63) is 22.7 Å². The number of nitrogens with zero attached hydrogens (tertiary/aromatic N) is 1. The van der Waals surface area contributed by atoms with Crippen molar-refractivity contribution in [1.82, 2.24) is 0 Å². The SMILES string of the molecule is COc1ccc(C(C)C#N)c(O)c1Cl. The van der Waals surface area contributed by atoms with E-state index in [2.05, 4.69) is 0 Å². The summed E-state index contributed by atoms with van der Waals surface area (Å²) in [7, 11) is 1.47. The Bertz CT molecular complexity index is 384. The van der Waals surface area contributed by atoms with Gasteiger partial charge < -0.3 is 9.84 Å². The Morgan fingerprint density at radius 1 is 1.57 bits per heavy atom. The van der Waals surface area contributed by atoms with Crippen molar-refractivity contribution in [3.63, 3.8) is 0 Å². The predicted molar refractivity (Wildman–Crippen MR) is 53.7 cm³/mol. The van der Waals surface area contributed by atoms with Gasteiger partial charge in [0.1, 0.15) is 16.5 Å². The van der Waals surface area contributed by atoms with Gasteiger partial charge in [-0.1, -0.05) is 17.7 Å². The Kier molecular flexibility index (Phi) is 3.21. The lowest BCUT2D eigenvalue weighted by molar-refractivity contribution is 0.406. The Morgan fingerprint density at radius 2 is 2.21 bits per heavy atom. The molecule has 0 aliphatic heterocycles. The summed E-state index contributed by atoms with van der Waals surface area (Å²) in [5, 5.41) is 18.5. The molecule has 1 aromatic rings. The van der Waals surface area contributed by atoms with Gasteiger partial charge in [-0.2, -0.15) is 5.26 Å².